The van der Waals surface area contributed by atoms with Gasteiger partial charge in [-0.3, -0.25) is 0 Å². The highest BCUT2D eigenvalue weighted by Crippen LogP contribution is 2.40. The summed E-state index contributed by atoms with van der Waals surface area (Å²) in [4.78, 5) is 10.6. The molecule has 0 amide bonds. The summed E-state index contributed by atoms with van der Waals surface area (Å²) in [5.41, 5.74) is -0.630. The molecule has 1 aliphatic heterocycles. The predicted molar refractivity (Wildman–Crippen MR) is 107 cm³/mol. The molecule has 1 heterocycles. The summed E-state index contributed by atoms with van der Waals surface area (Å²) in [7, 11) is 6.13. The van der Waals surface area contributed by atoms with Crippen molar-refractivity contribution in [2.45, 2.75) is 43.2 Å². The van der Waals surface area contributed by atoms with Crippen LogP contribution in [0.5, 0.6) is 0 Å². The van der Waals surface area contributed by atoms with E-state index in [1.165, 1.54) is 0 Å². The summed E-state index contributed by atoms with van der Waals surface area (Å²) in [6, 6.07) is 1.78. The molecule has 1 fully saturated rings. The molecule has 27 heavy (non-hydrogen) atoms. The lowest BCUT2D eigenvalue weighted by molar-refractivity contribution is -0.183. The number of hydrogen-bond donors (Lipinski definition) is 0. The molecule has 1 rings (SSSR count). The first-order chi connectivity index (χ1) is 12.9. The zero-order valence-electron chi connectivity index (χ0n) is 17.6. The molecule has 0 spiro atoms. The topological polar surface area (TPSA) is 81.7 Å². The van der Waals surface area contributed by atoms with Crippen LogP contribution in [0.1, 0.15) is 25.7 Å². The van der Waals surface area contributed by atoms with Crippen LogP contribution in [0.15, 0.2) is 12.7 Å². The maximum absolute atomic E-state index is 10.6. The molecule has 160 valence electrons. The van der Waals surface area contributed by atoms with Crippen LogP contribution in [0.3, 0.4) is 0 Å². The summed E-state index contributed by atoms with van der Waals surface area (Å²) in [6.45, 7) is 3.70. The van der Waals surface area contributed by atoms with Crippen LogP contribution in [0, 0.1) is 0 Å². The number of rotatable bonds is 11. The lowest BCUT2D eigenvalue weighted by Gasteiger charge is -2.46. The van der Waals surface area contributed by atoms with Crippen LogP contribution in [0.2, 0.25) is 12.1 Å². The molecule has 10 heteroatoms. The average molecular weight is 425 g/mol. The molecule has 0 aliphatic carbocycles. The molecule has 0 aromatic heterocycles. The average Bonchev–Trinajstić information content (AvgIpc) is 2.73. The zero-order chi connectivity index (χ0) is 20.8. The molecule has 0 aromatic carbocycles. The maximum atomic E-state index is 10.6. The number of ether oxygens (including phenoxy) is 3. The predicted octanol–water partition coefficient (Wildman–Crippen LogP) is 2.05. The Morgan fingerprint density at radius 3 is 2.07 bits per heavy atom. The van der Waals surface area contributed by atoms with Crippen LogP contribution in [0.4, 0.5) is 0 Å². The highest BCUT2D eigenvalue weighted by atomic mass is 28.4. The number of carbonyl (C=O) groups excluding carboxylic acids is 1. The molecule has 0 saturated carbocycles. The number of methoxy groups -OCH3 is 2. The molecular weight excluding hydrogens is 388 g/mol. The Balaban J connectivity index is 0.000000503. The van der Waals surface area contributed by atoms with Crippen molar-refractivity contribution in [2.24, 2.45) is 0 Å². The van der Waals surface area contributed by atoms with Crippen LogP contribution < -0.4 is 0 Å². The minimum absolute atomic E-state index is 0.381. The minimum Gasteiger partial charge on any atom is -0.463 e. The van der Waals surface area contributed by atoms with Crippen molar-refractivity contribution >= 4 is 23.8 Å². The first-order valence-corrected chi connectivity index (χ1v) is 12.8. The Hall–Kier alpha value is -0.596. The van der Waals surface area contributed by atoms with Gasteiger partial charge in [-0.1, -0.05) is 13.0 Å². The van der Waals surface area contributed by atoms with Crippen molar-refractivity contribution in [3.8, 4) is 0 Å². The molecular formula is C17H36O8Si2. The van der Waals surface area contributed by atoms with Crippen LogP contribution in [-0.4, -0.2) is 78.5 Å². The summed E-state index contributed by atoms with van der Waals surface area (Å²) >= 11 is 0. The Bertz CT molecular complexity index is 390. The third-order valence-corrected chi connectivity index (χ3v) is 10.8. The van der Waals surface area contributed by atoms with E-state index in [9.17, 15) is 4.79 Å². The van der Waals surface area contributed by atoms with Gasteiger partial charge in [0.25, 0.3) is 0 Å². The normalized spacial score (nSPS) is 17.7. The van der Waals surface area contributed by atoms with E-state index >= 15 is 0 Å². The van der Waals surface area contributed by atoms with E-state index in [0.29, 0.717) is 6.61 Å². The van der Waals surface area contributed by atoms with Gasteiger partial charge in [0, 0.05) is 55.2 Å². The second kappa shape index (κ2) is 14.4. The van der Waals surface area contributed by atoms with Crippen LogP contribution in [-0.2, 0) is 36.7 Å². The standard InChI is InChI=1S/C9H20O4Si.C8H16O4Si/c1-10-9(11-2)7-5-6-8-14(9,12-3)13-4;1-4-8(9)12-6-5-7-13(10-2)11-3/h5-8H2,1-4H3;4,13H,1,5-7H2,2-3H3. The van der Waals surface area contributed by atoms with Gasteiger partial charge < -0.3 is 31.9 Å². The number of carbonyl (C=O) groups is 1. The summed E-state index contributed by atoms with van der Waals surface area (Å²) in [5, 5.41) is 0. The van der Waals surface area contributed by atoms with Crippen molar-refractivity contribution in [3.05, 3.63) is 12.7 Å². The highest BCUT2D eigenvalue weighted by Gasteiger charge is 2.60. The second-order valence-electron chi connectivity index (χ2n) is 5.94. The van der Waals surface area contributed by atoms with Gasteiger partial charge in [-0.05, 0) is 24.9 Å². The maximum Gasteiger partial charge on any atom is 0.399 e. The van der Waals surface area contributed by atoms with Gasteiger partial charge >= 0.3 is 23.8 Å². The quantitative estimate of drug-likeness (QED) is 0.164. The van der Waals surface area contributed by atoms with E-state index in [2.05, 4.69) is 6.58 Å². The third-order valence-electron chi connectivity index (χ3n) is 4.68. The molecule has 0 unspecified atom stereocenters. The SMILES string of the molecule is C=CC(=O)OCCC[SiH](OC)OC.COC1(OC)CCCC[Si]1(OC)OC. The summed E-state index contributed by atoms with van der Waals surface area (Å²) in [6.07, 6.45) is 5.01. The van der Waals surface area contributed by atoms with E-state index in [-0.39, 0.29) is 5.97 Å². The van der Waals surface area contributed by atoms with E-state index in [1.54, 1.807) is 42.7 Å². The molecule has 0 radical (unpaired) electrons. The molecule has 0 N–H and O–H groups in total. The monoisotopic (exact) mass is 424 g/mol. The summed E-state index contributed by atoms with van der Waals surface area (Å²) in [5.74, 6) is -0.381. The molecule has 0 bridgehead atoms. The van der Waals surface area contributed by atoms with E-state index in [0.717, 1.165) is 43.8 Å². The molecule has 0 aromatic rings. The second-order valence-corrected chi connectivity index (χ2v) is 11.9. The van der Waals surface area contributed by atoms with Crippen LogP contribution in [0.25, 0.3) is 0 Å². The Morgan fingerprint density at radius 1 is 1.07 bits per heavy atom. The van der Waals surface area contributed by atoms with Gasteiger partial charge in [0.05, 0.1) is 6.61 Å². The first-order valence-electron chi connectivity index (χ1n) is 9.00. The lowest BCUT2D eigenvalue weighted by Crippen LogP contribution is -2.65. The van der Waals surface area contributed by atoms with Gasteiger partial charge in [0.15, 0.2) is 0 Å². The highest BCUT2D eigenvalue weighted by molar-refractivity contribution is 6.70. The Kier molecular flexibility index (Phi) is 14.1. The molecule has 0 atom stereocenters. The first kappa shape index (κ1) is 26.4. The lowest BCUT2D eigenvalue weighted by atomic mass is 10.2. The fraction of sp³-hybridized carbons (Fsp3) is 0.824. The molecule has 1 aliphatic rings. The fourth-order valence-electron chi connectivity index (χ4n) is 3.11. The smallest absolute Gasteiger partial charge is 0.399 e. The van der Waals surface area contributed by atoms with Gasteiger partial charge in [-0.2, -0.15) is 0 Å². The van der Waals surface area contributed by atoms with Crippen molar-refractivity contribution in [1.82, 2.24) is 0 Å². The molecule has 8 nitrogen and oxygen atoms in total. The van der Waals surface area contributed by atoms with Gasteiger partial charge in [0.1, 0.15) is 0 Å². The fourth-order valence-corrected chi connectivity index (χ4v) is 7.74. The Labute approximate surface area is 166 Å². The third kappa shape index (κ3) is 7.74. The van der Waals surface area contributed by atoms with Crippen molar-refractivity contribution in [2.75, 3.05) is 49.3 Å². The number of esters is 1. The van der Waals surface area contributed by atoms with Gasteiger partial charge in [-0.15, -0.1) is 0 Å². The zero-order valence-corrected chi connectivity index (χ0v) is 19.7. The van der Waals surface area contributed by atoms with E-state index in [1.807, 2.05) is 0 Å². The van der Waals surface area contributed by atoms with E-state index < -0.39 is 23.3 Å². The molecule has 1 saturated heterocycles. The van der Waals surface area contributed by atoms with Gasteiger partial charge in [-0.25, -0.2) is 4.79 Å². The van der Waals surface area contributed by atoms with E-state index in [4.69, 9.17) is 31.9 Å². The largest absolute Gasteiger partial charge is 0.463 e. The Morgan fingerprint density at radius 2 is 1.67 bits per heavy atom. The van der Waals surface area contributed by atoms with Crippen molar-refractivity contribution < 1.29 is 36.7 Å². The van der Waals surface area contributed by atoms with Gasteiger partial charge in [0.2, 0.25) is 5.41 Å². The van der Waals surface area contributed by atoms with Crippen molar-refractivity contribution in [1.29, 1.82) is 0 Å². The van der Waals surface area contributed by atoms with Crippen molar-refractivity contribution in [3.63, 3.8) is 0 Å². The van der Waals surface area contributed by atoms with Crippen LogP contribution >= 0.6 is 0 Å². The summed E-state index contributed by atoms with van der Waals surface area (Å²) < 4.78 is 37.2. The minimum atomic E-state index is -2.35. The number of hydrogen-bond acceptors (Lipinski definition) is 8.